The molecule has 9 heteroatoms. The summed E-state index contributed by atoms with van der Waals surface area (Å²) in [6.07, 6.45) is 0. The van der Waals surface area contributed by atoms with Crippen LogP contribution < -0.4 is 24.9 Å². The number of hydrogen-bond acceptors (Lipinski definition) is 7. The zero-order chi connectivity index (χ0) is 19.6. The van der Waals surface area contributed by atoms with Crippen LogP contribution >= 0.6 is 0 Å². The Labute approximate surface area is 159 Å². The molecule has 3 N–H and O–H groups in total. The van der Waals surface area contributed by atoms with Gasteiger partial charge in [0.05, 0.1) is 31.8 Å². The summed E-state index contributed by atoms with van der Waals surface area (Å²) in [4.78, 5) is 12.6. The highest BCUT2D eigenvalue weighted by atomic mass is 32.2. The third kappa shape index (κ3) is 3.91. The average molecular weight is 388 g/mol. The fraction of sp³-hybridized carbons (Fsp3) is 0.222. The molecule has 0 fully saturated rings. The van der Waals surface area contributed by atoms with E-state index in [1.807, 2.05) is 24.3 Å². The molecular weight excluding hydrogens is 368 g/mol. The number of nitrogens with two attached hydrogens (primary N) is 1. The number of nitrogens with zero attached hydrogens (tertiary/aromatic N) is 2. The number of ether oxygens (including phenoxy) is 2. The zero-order valence-electron chi connectivity index (χ0n) is 15.2. The van der Waals surface area contributed by atoms with Crippen molar-refractivity contribution < 1.29 is 14.0 Å². The highest BCUT2D eigenvalue weighted by Crippen LogP contribution is 2.34. The van der Waals surface area contributed by atoms with Gasteiger partial charge in [-0.2, -0.15) is 5.10 Å². The summed E-state index contributed by atoms with van der Waals surface area (Å²) in [6.45, 7) is 0.345. The zero-order valence-corrected chi connectivity index (χ0v) is 16.0. The van der Waals surface area contributed by atoms with Gasteiger partial charge < -0.3 is 14.0 Å². The second-order valence-electron chi connectivity index (χ2n) is 5.85. The van der Waals surface area contributed by atoms with Crippen molar-refractivity contribution in [3.63, 3.8) is 0 Å². The molecule has 1 heterocycles. The molecule has 1 unspecified atom stereocenters. The molecule has 1 aromatic heterocycles. The Kier molecular flexibility index (Phi) is 5.66. The first-order chi connectivity index (χ1) is 12.9. The molecule has 0 aliphatic rings. The van der Waals surface area contributed by atoms with Crippen LogP contribution in [0.5, 0.6) is 11.5 Å². The van der Waals surface area contributed by atoms with Gasteiger partial charge in [0.2, 0.25) is 0 Å². The number of aryl methyl sites for hydroxylation is 1. The van der Waals surface area contributed by atoms with Gasteiger partial charge in [-0.25, -0.2) is 4.68 Å². The number of rotatable bonds is 6. The molecule has 8 nitrogen and oxygen atoms in total. The second-order valence-corrected chi connectivity index (χ2v) is 6.73. The van der Waals surface area contributed by atoms with E-state index in [2.05, 4.69) is 9.82 Å². The molecule has 0 amide bonds. The molecule has 0 saturated carbocycles. The molecule has 27 heavy (non-hydrogen) atoms. The van der Waals surface area contributed by atoms with Gasteiger partial charge in [0, 0.05) is 18.0 Å². The lowest BCUT2D eigenvalue weighted by Gasteiger charge is -2.13. The van der Waals surface area contributed by atoms with Crippen LogP contribution in [0, 0.1) is 0 Å². The van der Waals surface area contributed by atoms with Gasteiger partial charge in [-0.15, -0.1) is 9.86 Å². The van der Waals surface area contributed by atoms with E-state index < -0.39 is 11.5 Å². The second kappa shape index (κ2) is 7.97. The highest BCUT2D eigenvalue weighted by Gasteiger charge is 2.16. The van der Waals surface area contributed by atoms with Crippen LogP contribution in [0.3, 0.4) is 0 Å². The first-order valence-corrected chi connectivity index (χ1v) is 9.28. The van der Waals surface area contributed by atoms with Crippen LogP contribution in [-0.2, 0) is 25.1 Å². The first-order valence-electron chi connectivity index (χ1n) is 8.06. The quantitative estimate of drug-likeness (QED) is 0.611. The molecule has 0 spiro atoms. The van der Waals surface area contributed by atoms with Crippen LogP contribution in [-0.4, -0.2) is 28.6 Å². The minimum atomic E-state index is -1.60. The van der Waals surface area contributed by atoms with Crippen LogP contribution in [0.2, 0.25) is 0 Å². The monoisotopic (exact) mass is 388 g/mol. The molecule has 0 bridgehead atoms. The fourth-order valence-electron chi connectivity index (χ4n) is 2.87. The normalized spacial score (nSPS) is 12.2. The largest absolute Gasteiger partial charge is 0.579 e. The molecule has 0 aliphatic heterocycles. The Balaban J connectivity index is 2.21. The maximum absolute atomic E-state index is 12.6. The van der Waals surface area contributed by atoms with Gasteiger partial charge >= 0.3 is 0 Å². The molecule has 0 saturated heterocycles. The van der Waals surface area contributed by atoms with Gasteiger partial charge in [-0.3, -0.25) is 4.79 Å². The standard InChI is InChI=1S/C18H20N4O4S/c1-22-18(23)14-9-16(26-3)15(25-2)8-13(14)17(21-22)12-6-4-5-11(7-12)10-20-27(19)24/h4-9,20H,10,19H2,1-3H3. The van der Waals surface area contributed by atoms with Gasteiger partial charge in [0.1, 0.15) is 11.5 Å². The summed E-state index contributed by atoms with van der Waals surface area (Å²) in [6, 6.07) is 11.0. The maximum Gasteiger partial charge on any atom is 0.274 e. The van der Waals surface area contributed by atoms with Crippen LogP contribution in [0.25, 0.3) is 22.0 Å². The van der Waals surface area contributed by atoms with E-state index in [1.54, 1.807) is 19.2 Å². The lowest BCUT2D eigenvalue weighted by molar-refractivity contribution is 0.356. The molecule has 3 aromatic rings. The molecule has 1 atom stereocenters. The van der Waals surface area contributed by atoms with E-state index in [9.17, 15) is 9.35 Å². The van der Waals surface area contributed by atoms with Crippen molar-refractivity contribution in [2.24, 2.45) is 12.2 Å². The van der Waals surface area contributed by atoms with Crippen molar-refractivity contribution in [2.45, 2.75) is 6.54 Å². The van der Waals surface area contributed by atoms with Gasteiger partial charge in [-0.1, -0.05) is 18.2 Å². The molecule has 0 radical (unpaired) electrons. The predicted molar refractivity (Wildman–Crippen MR) is 105 cm³/mol. The molecular formula is C18H20N4O4S. The van der Waals surface area contributed by atoms with E-state index in [4.69, 9.17) is 14.6 Å². The van der Waals surface area contributed by atoms with Gasteiger partial charge in [-0.05, 0) is 23.8 Å². The lowest BCUT2D eigenvalue weighted by Crippen LogP contribution is -2.30. The van der Waals surface area contributed by atoms with Crippen molar-refractivity contribution in [3.8, 4) is 22.8 Å². The van der Waals surface area contributed by atoms with E-state index in [-0.39, 0.29) is 5.56 Å². The van der Waals surface area contributed by atoms with Crippen molar-refractivity contribution in [1.82, 2.24) is 14.5 Å². The minimum absolute atomic E-state index is 0.231. The van der Waals surface area contributed by atoms with E-state index in [0.29, 0.717) is 34.5 Å². The number of hydrogen-bond donors (Lipinski definition) is 2. The SMILES string of the molecule is COc1cc2c(-c3cccc(CN[S+](N)[O-])c3)nn(C)c(=O)c2cc1OC. The summed E-state index contributed by atoms with van der Waals surface area (Å²) in [7, 11) is 4.66. The third-order valence-corrected chi connectivity index (χ3v) is 4.60. The van der Waals surface area contributed by atoms with Crippen molar-refractivity contribution in [1.29, 1.82) is 0 Å². The smallest absolute Gasteiger partial charge is 0.274 e. The predicted octanol–water partition coefficient (Wildman–Crippen LogP) is 1.24. The molecule has 3 rings (SSSR count). The molecule has 142 valence electrons. The number of aromatic nitrogens is 2. The fourth-order valence-corrected chi connectivity index (χ4v) is 3.18. The van der Waals surface area contributed by atoms with E-state index in [0.717, 1.165) is 11.1 Å². The van der Waals surface area contributed by atoms with Gasteiger partial charge in [0.15, 0.2) is 11.5 Å². The Hall–Kier alpha value is -2.59. The summed E-state index contributed by atoms with van der Waals surface area (Å²) in [5, 5.41) is 10.8. The van der Waals surface area contributed by atoms with Crippen LogP contribution in [0.4, 0.5) is 0 Å². The summed E-state index contributed by atoms with van der Waals surface area (Å²) >= 11 is -1.60. The van der Waals surface area contributed by atoms with E-state index in [1.165, 1.54) is 18.9 Å². The molecule has 0 aliphatic carbocycles. The summed E-state index contributed by atoms with van der Waals surface area (Å²) < 4.78 is 25.7. The average Bonchev–Trinajstić information content (AvgIpc) is 2.68. The Morgan fingerprint density at radius 2 is 1.85 bits per heavy atom. The maximum atomic E-state index is 12.6. The van der Waals surface area contributed by atoms with Crippen molar-refractivity contribution in [2.75, 3.05) is 14.2 Å². The topological polar surface area (TPSA) is 114 Å². The van der Waals surface area contributed by atoms with Crippen molar-refractivity contribution in [3.05, 3.63) is 52.3 Å². The minimum Gasteiger partial charge on any atom is -0.579 e. The number of fused-ring (bicyclic) bond motifs is 1. The number of benzene rings is 2. The number of methoxy groups -OCH3 is 2. The summed E-state index contributed by atoms with van der Waals surface area (Å²) in [5.74, 6) is 0.986. The van der Waals surface area contributed by atoms with Crippen molar-refractivity contribution >= 4 is 22.3 Å². The number of nitrogens with one attached hydrogen (secondary N) is 1. The van der Waals surface area contributed by atoms with Crippen LogP contribution in [0.1, 0.15) is 5.56 Å². The van der Waals surface area contributed by atoms with Gasteiger partial charge in [0.25, 0.3) is 5.56 Å². The molecule has 2 aromatic carbocycles. The first kappa shape index (κ1) is 19.2. The summed E-state index contributed by atoms with van der Waals surface area (Å²) in [5.41, 5.74) is 2.09. The van der Waals surface area contributed by atoms with Crippen LogP contribution in [0.15, 0.2) is 41.2 Å². The lowest BCUT2D eigenvalue weighted by atomic mass is 10.0. The Morgan fingerprint density at radius 1 is 1.19 bits per heavy atom. The Bertz CT molecular complexity index is 1040. The third-order valence-electron chi connectivity index (χ3n) is 4.17. The van der Waals surface area contributed by atoms with E-state index >= 15 is 0 Å². The Morgan fingerprint density at radius 3 is 2.48 bits per heavy atom. The highest BCUT2D eigenvalue weighted by molar-refractivity contribution is 7.87.